The van der Waals surface area contributed by atoms with Gasteiger partial charge in [-0.3, -0.25) is 4.79 Å². The summed E-state index contributed by atoms with van der Waals surface area (Å²) in [6.07, 6.45) is 0.841. The SMILES string of the molecule is CNCC(C)C(=O)Nc1nc2c(s1)COCC2. The lowest BCUT2D eigenvalue weighted by Gasteiger charge is -2.09. The first kappa shape index (κ1) is 12.5. The van der Waals surface area contributed by atoms with E-state index in [1.54, 1.807) is 0 Å². The Kier molecular flexibility index (Phi) is 4.09. The third kappa shape index (κ3) is 3.02. The van der Waals surface area contributed by atoms with Crippen LogP contribution in [0.3, 0.4) is 0 Å². The third-order valence-corrected chi connectivity index (χ3v) is 3.67. The third-order valence-electron chi connectivity index (χ3n) is 2.68. The monoisotopic (exact) mass is 255 g/mol. The molecular formula is C11H17N3O2S. The standard InChI is InChI=1S/C11H17N3O2S/c1-7(5-12-2)10(15)14-11-13-8-3-4-16-6-9(8)17-11/h7,12H,3-6H2,1-2H3,(H,13,14,15). The van der Waals surface area contributed by atoms with Crippen LogP contribution in [0.25, 0.3) is 0 Å². The first-order chi connectivity index (χ1) is 8.20. The molecule has 1 amide bonds. The molecule has 0 aromatic carbocycles. The Labute approximate surface area is 105 Å². The van der Waals surface area contributed by atoms with Crippen LogP contribution in [0.15, 0.2) is 0 Å². The molecule has 0 aliphatic carbocycles. The predicted octanol–water partition coefficient (Wildman–Crippen LogP) is 1.01. The van der Waals surface area contributed by atoms with E-state index in [0.717, 1.165) is 23.6 Å². The van der Waals surface area contributed by atoms with Gasteiger partial charge in [0.25, 0.3) is 0 Å². The maximum atomic E-state index is 11.8. The molecule has 6 heteroatoms. The molecule has 17 heavy (non-hydrogen) atoms. The van der Waals surface area contributed by atoms with Crippen LogP contribution in [0.5, 0.6) is 0 Å². The maximum Gasteiger partial charge on any atom is 0.230 e. The first-order valence-corrected chi connectivity index (χ1v) is 6.54. The zero-order valence-electron chi connectivity index (χ0n) is 10.1. The summed E-state index contributed by atoms with van der Waals surface area (Å²) in [4.78, 5) is 17.4. The Bertz CT molecular complexity index is 382. The minimum absolute atomic E-state index is 0.00589. The summed E-state index contributed by atoms with van der Waals surface area (Å²) in [6, 6.07) is 0. The number of carbonyl (C=O) groups excluding carboxylic acids is 1. The number of ether oxygens (including phenoxy) is 1. The summed E-state index contributed by atoms with van der Waals surface area (Å²) in [5, 5.41) is 6.53. The van der Waals surface area contributed by atoms with Gasteiger partial charge < -0.3 is 15.4 Å². The number of thiazole rings is 1. The van der Waals surface area contributed by atoms with Crippen molar-refractivity contribution >= 4 is 22.4 Å². The van der Waals surface area contributed by atoms with Gasteiger partial charge in [0.2, 0.25) is 5.91 Å². The fraction of sp³-hybridized carbons (Fsp3) is 0.636. The second kappa shape index (κ2) is 5.57. The zero-order chi connectivity index (χ0) is 12.3. The lowest BCUT2D eigenvalue weighted by atomic mass is 10.2. The van der Waals surface area contributed by atoms with E-state index in [0.29, 0.717) is 18.3 Å². The van der Waals surface area contributed by atoms with Crippen molar-refractivity contribution in [1.29, 1.82) is 0 Å². The first-order valence-electron chi connectivity index (χ1n) is 5.72. The average Bonchev–Trinajstić information content (AvgIpc) is 2.71. The molecule has 94 valence electrons. The fourth-order valence-corrected chi connectivity index (χ4v) is 2.65. The van der Waals surface area contributed by atoms with Gasteiger partial charge in [-0.25, -0.2) is 4.98 Å². The molecule has 1 aromatic rings. The van der Waals surface area contributed by atoms with E-state index in [4.69, 9.17) is 4.74 Å². The van der Waals surface area contributed by atoms with E-state index in [1.807, 2.05) is 14.0 Å². The molecule has 1 atom stereocenters. The Morgan fingerprint density at radius 1 is 1.65 bits per heavy atom. The van der Waals surface area contributed by atoms with Gasteiger partial charge in [0.15, 0.2) is 5.13 Å². The van der Waals surface area contributed by atoms with Crippen molar-refractivity contribution in [2.24, 2.45) is 5.92 Å². The predicted molar refractivity (Wildman–Crippen MR) is 67.2 cm³/mol. The Morgan fingerprint density at radius 2 is 2.47 bits per heavy atom. The van der Waals surface area contributed by atoms with Gasteiger partial charge in [0, 0.05) is 18.9 Å². The lowest BCUT2D eigenvalue weighted by molar-refractivity contribution is -0.119. The molecule has 0 radical (unpaired) electrons. The smallest absolute Gasteiger partial charge is 0.230 e. The van der Waals surface area contributed by atoms with Crippen LogP contribution in [-0.2, 0) is 22.6 Å². The molecule has 0 saturated heterocycles. The number of carbonyl (C=O) groups is 1. The highest BCUT2D eigenvalue weighted by atomic mass is 32.1. The number of aromatic nitrogens is 1. The van der Waals surface area contributed by atoms with Gasteiger partial charge in [-0.1, -0.05) is 18.3 Å². The summed E-state index contributed by atoms with van der Waals surface area (Å²) in [7, 11) is 1.84. The zero-order valence-corrected chi connectivity index (χ0v) is 10.9. The van der Waals surface area contributed by atoms with Crippen molar-refractivity contribution in [2.75, 3.05) is 25.5 Å². The Hall–Kier alpha value is -0.980. The van der Waals surface area contributed by atoms with E-state index in [2.05, 4.69) is 15.6 Å². The number of rotatable bonds is 4. The van der Waals surface area contributed by atoms with E-state index in [9.17, 15) is 4.79 Å². The number of hydrogen-bond acceptors (Lipinski definition) is 5. The van der Waals surface area contributed by atoms with Crippen LogP contribution >= 0.6 is 11.3 Å². The normalized spacial score (nSPS) is 16.4. The summed E-state index contributed by atoms with van der Waals surface area (Å²) in [5.41, 5.74) is 1.07. The summed E-state index contributed by atoms with van der Waals surface area (Å²) >= 11 is 1.51. The van der Waals surface area contributed by atoms with Crippen molar-refractivity contribution in [3.05, 3.63) is 10.6 Å². The molecule has 2 heterocycles. The van der Waals surface area contributed by atoms with Crippen LogP contribution in [-0.4, -0.2) is 31.1 Å². The van der Waals surface area contributed by atoms with Crippen molar-refractivity contribution in [3.8, 4) is 0 Å². The summed E-state index contributed by atoms with van der Waals surface area (Å²) < 4.78 is 5.35. The number of fused-ring (bicyclic) bond motifs is 1. The molecule has 0 saturated carbocycles. The molecule has 2 rings (SSSR count). The van der Waals surface area contributed by atoms with Crippen molar-refractivity contribution in [1.82, 2.24) is 10.3 Å². The van der Waals surface area contributed by atoms with Crippen molar-refractivity contribution in [2.45, 2.75) is 20.0 Å². The minimum Gasteiger partial charge on any atom is -0.375 e. The Balaban J connectivity index is 1.99. The van der Waals surface area contributed by atoms with E-state index in [-0.39, 0.29) is 11.8 Å². The van der Waals surface area contributed by atoms with Crippen LogP contribution < -0.4 is 10.6 Å². The molecule has 1 aliphatic rings. The molecule has 2 N–H and O–H groups in total. The van der Waals surface area contributed by atoms with Crippen LogP contribution in [0.4, 0.5) is 5.13 Å². The highest BCUT2D eigenvalue weighted by molar-refractivity contribution is 7.15. The number of nitrogens with zero attached hydrogens (tertiary/aromatic N) is 1. The fourth-order valence-electron chi connectivity index (χ4n) is 1.71. The Morgan fingerprint density at radius 3 is 3.18 bits per heavy atom. The molecule has 0 spiro atoms. The van der Waals surface area contributed by atoms with Crippen LogP contribution in [0.1, 0.15) is 17.5 Å². The molecule has 0 bridgehead atoms. The quantitative estimate of drug-likeness (QED) is 0.843. The number of nitrogens with one attached hydrogen (secondary N) is 2. The van der Waals surface area contributed by atoms with Crippen molar-refractivity contribution < 1.29 is 9.53 Å². The van der Waals surface area contributed by atoms with Crippen LogP contribution in [0, 0.1) is 5.92 Å². The van der Waals surface area contributed by atoms with E-state index < -0.39 is 0 Å². The molecule has 0 fully saturated rings. The van der Waals surface area contributed by atoms with Crippen molar-refractivity contribution in [3.63, 3.8) is 0 Å². The summed E-state index contributed by atoms with van der Waals surface area (Å²) in [5.74, 6) is -0.0523. The van der Waals surface area contributed by atoms with Crippen LogP contribution in [0.2, 0.25) is 0 Å². The van der Waals surface area contributed by atoms with E-state index >= 15 is 0 Å². The largest absolute Gasteiger partial charge is 0.375 e. The molecular weight excluding hydrogens is 238 g/mol. The van der Waals surface area contributed by atoms with E-state index in [1.165, 1.54) is 11.3 Å². The molecule has 5 nitrogen and oxygen atoms in total. The number of amides is 1. The lowest BCUT2D eigenvalue weighted by Crippen LogP contribution is -2.28. The molecule has 1 aromatic heterocycles. The van der Waals surface area contributed by atoms with Gasteiger partial charge in [-0.2, -0.15) is 0 Å². The molecule has 1 unspecified atom stereocenters. The average molecular weight is 255 g/mol. The van der Waals surface area contributed by atoms with Gasteiger partial charge in [0.05, 0.1) is 23.8 Å². The van der Waals surface area contributed by atoms with Gasteiger partial charge in [-0.05, 0) is 7.05 Å². The second-order valence-electron chi connectivity index (χ2n) is 4.14. The highest BCUT2D eigenvalue weighted by Crippen LogP contribution is 2.27. The summed E-state index contributed by atoms with van der Waals surface area (Å²) in [6.45, 7) is 3.90. The highest BCUT2D eigenvalue weighted by Gasteiger charge is 2.18. The number of hydrogen-bond donors (Lipinski definition) is 2. The van der Waals surface area contributed by atoms with Gasteiger partial charge in [-0.15, -0.1) is 0 Å². The van der Waals surface area contributed by atoms with Gasteiger partial charge in [0.1, 0.15) is 0 Å². The van der Waals surface area contributed by atoms with Gasteiger partial charge >= 0.3 is 0 Å². The number of anilines is 1. The maximum absolute atomic E-state index is 11.8. The minimum atomic E-state index is -0.0582. The molecule has 1 aliphatic heterocycles. The second-order valence-corrected chi connectivity index (χ2v) is 5.22. The topological polar surface area (TPSA) is 63.2 Å².